The van der Waals surface area contributed by atoms with E-state index in [9.17, 15) is 19.8 Å². The standard InChI is InChI=1S/C28H27NO5/c1-15-7-6-8-19(12-15)24-23(25(31)20-13-17(3)11-18(4)27(20)34-5)26(32)28(33)29(24)21-14-16(2)9-10-22(21)30/h6-14,24,30-31H,1-5H3/b25-23+. The van der Waals surface area contributed by atoms with E-state index in [4.69, 9.17) is 4.74 Å². The van der Waals surface area contributed by atoms with Gasteiger partial charge in [-0.1, -0.05) is 42.0 Å². The Morgan fingerprint density at radius 2 is 1.62 bits per heavy atom. The molecule has 1 fully saturated rings. The van der Waals surface area contributed by atoms with Crippen LogP contribution < -0.4 is 9.64 Å². The van der Waals surface area contributed by atoms with Gasteiger partial charge in [-0.15, -0.1) is 0 Å². The summed E-state index contributed by atoms with van der Waals surface area (Å²) in [4.78, 5) is 28.0. The first-order valence-corrected chi connectivity index (χ1v) is 11.0. The Bertz CT molecular complexity index is 1350. The predicted octanol–water partition coefficient (Wildman–Crippen LogP) is 5.26. The van der Waals surface area contributed by atoms with Crippen molar-refractivity contribution < 1.29 is 24.5 Å². The number of aliphatic hydroxyl groups is 1. The summed E-state index contributed by atoms with van der Waals surface area (Å²) in [5.74, 6) is -1.67. The van der Waals surface area contributed by atoms with E-state index in [1.165, 1.54) is 18.1 Å². The molecule has 0 aromatic heterocycles. The summed E-state index contributed by atoms with van der Waals surface area (Å²) in [7, 11) is 1.50. The molecule has 1 heterocycles. The van der Waals surface area contributed by atoms with Gasteiger partial charge in [0.15, 0.2) is 0 Å². The Morgan fingerprint density at radius 3 is 2.29 bits per heavy atom. The number of methoxy groups -OCH3 is 1. The number of anilines is 1. The number of aryl methyl sites for hydroxylation is 4. The number of aliphatic hydroxyl groups excluding tert-OH is 1. The van der Waals surface area contributed by atoms with Crippen molar-refractivity contribution in [2.75, 3.05) is 12.0 Å². The molecule has 0 radical (unpaired) electrons. The molecule has 4 rings (SSSR count). The molecule has 1 saturated heterocycles. The van der Waals surface area contributed by atoms with Gasteiger partial charge in [0.05, 0.1) is 30.0 Å². The normalized spacial score (nSPS) is 17.3. The first kappa shape index (κ1) is 23.1. The van der Waals surface area contributed by atoms with Crippen LogP contribution in [0.3, 0.4) is 0 Å². The lowest BCUT2D eigenvalue weighted by Crippen LogP contribution is -2.29. The maximum atomic E-state index is 13.4. The highest BCUT2D eigenvalue weighted by molar-refractivity contribution is 6.52. The highest BCUT2D eigenvalue weighted by atomic mass is 16.5. The highest BCUT2D eigenvalue weighted by Crippen LogP contribution is 2.46. The van der Waals surface area contributed by atoms with E-state index < -0.39 is 17.7 Å². The molecule has 2 N–H and O–H groups in total. The average Bonchev–Trinajstić information content (AvgIpc) is 3.05. The first-order chi connectivity index (χ1) is 16.1. The van der Waals surface area contributed by atoms with Crippen molar-refractivity contribution in [1.29, 1.82) is 0 Å². The highest BCUT2D eigenvalue weighted by Gasteiger charge is 2.48. The minimum Gasteiger partial charge on any atom is -0.507 e. The van der Waals surface area contributed by atoms with Crippen molar-refractivity contribution in [3.8, 4) is 11.5 Å². The molecule has 34 heavy (non-hydrogen) atoms. The number of hydrogen-bond donors (Lipinski definition) is 2. The molecular formula is C28H27NO5. The summed E-state index contributed by atoms with van der Waals surface area (Å²) >= 11 is 0. The van der Waals surface area contributed by atoms with E-state index in [1.54, 1.807) is 24.3 Å². The van der Waals surface area contributed by atoms with E-state index in [0.717, 1.165) is 22.3 Å². The summed E-state index contributed by atoms with van der Waals surface area (Å²) < 4.78 is 5.54. The van der Waals surface area contributed by atoms with E-state index in [1.807, 2.05) is 52.0 Å². The third-order valence-electron chi connectivity index (χ3n) is 6.07. The van der Waals surface area contributed by atoms with Crippen molar-refractivity contribution in [3.05, 3.63) is 93.6 Å². The molecule has 0 saturated carbocycles. The summed E-state index contributed by atoms with van der Waals surface area (Å²) in [5.41, 5.74) is 4.54. The fourth-order valence-corrected chi connectivity index (χ4v) is 4.61. The van der Waals surface area contributed by atoms with Gasteiger partial charge in [-0.05, 0) is 68.1 Å². The van der Waals surface area contributed by atoms with Crippen molar-refractivity contribution in [2.24, 2.45) is 0 Å². The minimum absolute atomic E-state index is 0.0557. The minimum atomic E-state index is -0.932. The van der Waals surface area contributed by atoms with Gasteiger partial charge in [-0.2, -0.15) is 0 Å². The third kappa shape index (κ3) is 3.81. The van der Waals surface area contributed by atoms with Crippen LogP contribution >= 0.6 is 0 Å². The van der Waals surface area contributed by atoms with Crippen LogP contribution in [0.5, 0.6) is 11.5 Å². The molecule has 174 valence electrons. The summed E-state index contributed by atoms with van der Waals surface area (Å²) in [5, 5.41) is 22.1. The number of carbonyl (C=O) groups is 2. The van der Waals surface area contributed by atoms with E-state index in [-0.39, 0.29) is 22.8 Å². The number of amides is 1. The Labute approximate surface area is 198 Å². The second-order valence-corrected chi connectivity index (χ2v) is 8.74. The zero-order valence-corrected chi connectivity index (χ0v) is 19.8. The second-order valence-electron chi connectivity index (χ2n) is 8.74. The van der Waals surface area contributed by atoms with Crippen LogP contribution in [0.15, 0.2) is 60.2 Å². The summed E-state index contributed by atoms with van der Waals surface area (Å²) in [6.45, 7) is 7.48. The maximum Gasteiger partial charge on any atom is 0.300 e. The van der Waals surface area contributed by atoms with Crippen LogP contribution in [0.25, 0.3) is 5.76 Å². The number of Topliss-reactive ketones (excluding diaryl/α,β-unsaturated/α-hetero) is 1. The number of aromatic hydroxyl groups is 1. The third-order valence-corrected chi connectivity index (χ3v) is 6.07. The Balaban J connectivity index is 2.05. The van der Waals surface area contributed by atoms with Crippen LogP contribution in [0.1, 0.15) is 39.4 Å². The Hall–Kier alpha value is -4.06. The lowest BCUT2D eigenvalue weighted by molar-refractivity contribution is -0.132. The maximum absolute atomic E-state index is 13.4. The molecule has 6 nitrogen and oxygen atoms in total. The molecule has 0 aliphatic carbocycles. The topological polar surface area (TPSA) is 87.1 Å². The molecule has 3 aromatic rings. The number of nitrogens with zero attached hydrogens (tertiary/aromatic N) is 1. The first-order valence-electron chi connectivity index (χ1n) is 11.0. The van der Waals surface area contributed by atoms with Crippen molar-refractivity contribution in [3.63, 3.8) is 0 Å². The number of benzene rings is 3. The van der Waals surface area contributed by atoms with Crippen LogP contribution in [-0.2, 0) is 9.59 Å². The number of carbonyl (C=O) groups excluding carboxylic acids is 2. The van der Waals surface area contributed by atoms with Crippen LogP contribution in [0.2, 0.25) is 0 Å². The van der Waals surface area contributed by atoms with E-state index >= 15 is 0 Å². The van der Waals surface area contributed by atoms with Crippen LogP contribution in [-0.4, -0.2) is 29.0 Å². The van der Waals surface area contributed by atoms with Gasteiger partial charge in [0.2, 0.25) is 0 Å². The second kappa shape index (κ2) is 8.71. The summed E-state index contributed by atoms with van der Waals surface area (Å²) in [6.07, 6.45) is 0. The van der Waals surface area contributed by atoms with Crippen LogP contribution in [0.4, 0.5) is 5.69 Å². The molecular weight excluding hydrogens is 430 g/mol. The predicted molar refractivity (Wildman–Crippen MR) is 131 cm³/mol. The number of phenols is 1. The number of hydrogen-bond acceptors (Lipinski definition) is 5. The SMILES string of the molecule is COc1c(C)cc(C)cc1/C(O)=C1\C(=O)C(=O)N(c2cc(C)ccc2O)C1c1cccc(C)c1. The lowest BCUT2D eigenvalue weighted by atomic mass is 9.93. The van der Waals surface area contributed by atoms with Gasteiger partial charge in [0.25, 0.3) is 11.7 Å². The number of ether oxygens (including phenoxy) is 1. The monoisotopic (exact) mass is 457 g/mol. The molecule has 0 spiro atoms. The lowest BCUT2D eigenvalue weighted by Gasteiger charge is -2.26. The molecule has 3 aromatic carbocycles. The number of ketones is 1. The molecule has 1 aliphatic heterocycles. The Morgan fingerprint density at radius 1 is 0.912 bits per heavy atom. The Kier molecular flexibility index (Phi) is 5.92. The van der Waals surface area contributed by atoms with Gasteiger partial charge in [0, 0.05) is 0 Å². The molecule has 6 heteroatoms. The average molecular weight is 458 g/mol. The number of rotatable bonds is 4. The van der Waals surface area contributed by atoms with Gasteiger partial charge in [-0.3, -0.25) is 14.5 Å². The smallest absolute Gasteiger partial charge is 0.300 e. The number of phenolic OH excluding ortho intramolecular Hbond substituents is 1. The fourth-order valence-electron chi connectivity index (χ4n) is 4.61. The summed E-state index contributed by atoms with van der Waals surface area (Å²) in [6, 6.07) is 15.0. The van der Waals surface area contributed by atoms with Gasteiger partial charge >= 0.3 is 0 Å². The van der Waals surface area contributed by atoms with E-state index in [0.29, 0.717) is 16.9 Å². The zero-order valence-electron chi connectivity index (χ0n) is 19.8. The van der Waals surface area contributed by atoms with Crippen molar-refractivity contribution in [2.45, 2.75) is 33.7 Å². The zero-order chi connectivity index (χ0) is 24.7. The van der Waals surface area contributed by atoms with Gasteiger partial charge < -0.3 is 14.9 Å². The molecule has 1 unspecified atom stereocenters. The van der Waals surface area contributed by atoms with Gasteiger partial charge in [-0.25, -0.2) is 0 Å². The molecule has 1 atom stereocenters. The van der Waals surface area contributed by atoms with Gasteiger partial charge in [0.1, 0.15) is 17.3 Å². The van der Waals surface area contributed by atoms with Crippen molar-refractivity contribution >= 4 is 23.1 Å². The quantitative estimate of drug-likeness (QED) is 0.317. The molecule has 0 bridgehead atoms. The van der Waals surface area contributed by atoms with E-state index in [2.05, 4.69) is 0 Å². The van der Waals surface area contributed by atoms with Crippen LogP contribution in [0, 0.1) is 27.7 Å². The largest absolute Gasteiger partial charge is 0.507 e. The molecule has 1 aliphatic rings. The van der Waals surface area contributed by atoms with Crippen molar-refractivity contribution in [1.82, 2.24) is 0 Å². The fraction of sp³-hybridized carbons (Fsp3) is 0.214. The molecule has 1 amide bonds.